The van der Waals surface area contributed by atoms with Crippen molar-refractivity contribution in [2.24, 2.45) is 0 Å². The number of anilines is 1. The fourth-order valence-electron chi connectivity index (χ4n) is 2.20. The number of aryl methyl sites for hydroxylation is 2. The van der Waals surface area contributed by atoms with Gasteiger partial charge in [-0.2, -0.15) is 10.1 Å². The molecule has 7 nitrogen and oxygen atoms in total. The molecule has 0 aliphatic heterocycles. The molecule has 24 heavy (non-hydrogen) atoms. The van der Waals surface area contributed by atoms with Crippen LogP contribution in [0.15, 0.2) is 39.8 Å². The van der Waals surface area contributed by atoms with E-state index >= 15 is 0 Å². The summed E-state index contributed by atoms with van der Waals surface area (Å²) in [7, 11) is 0. The van der Waals surface area contributed by atoms with E-state index in [1.54, 1.807) is 6.92 Å². The fraction of sp³-hybridized carbons (Fsp3) is 0.250. The molecule has 1 aromatic carbocycles. The van der Waals surface area contributed by atoms with Crippen molar-refractivity contribution in [3.05, 3.63) is 68.7 Å². The Labute approximate surface area is 143 Å². The zero-order valence-corrected chi connectivity index (χ0v) is 13.8. The van der Waals surface area contributed by atoms with Gasteiger partial charge in [-0.15, -0.1) is 0 Å². The summed E-state index contributed by atoms with van der Waals surface area (Å²) in [5.74, 6) is 0.917. The standard InChI is InChI=1S/C16H16ClN5O2/c1-10-13(18)8-19-22(16(10)23)9-15-20-14(21-24-15)7-4-11-2-5-12(17)6-3-11/h2-3,5-6,8H,4,7,9,18H2,1H3. The van der Waals surface area contributed by atoms with E-state index in [0.717, 1.165) is 12.0 Å². The van der Waals surface area contributed by atoms with Gasteiger partial charge in [-0.3, -0.25) is 4.79 Å². The lowest BCUT2D eigenvalue weighted by atomic mass is 10.1. The number of aromatic nitrogens is 4. The van der Waals surface area contributed by atoms with Crippen LogP contribution >= 0.6 is 11.6 Å². The summed E-state index contributed by atoms with van der Waals surface area (Å²) >= 11 is 5.86. The summed E-state index contributed by atoms with van der Waals surface area (Å²) < 4.78 is 6.44. The lowest BCUT2D eigenvalue weighted by molar-refractivity contribution is 0.358. The third-order valence-corrected chi connectivity index (χ3v) is 3.92. The average Bonchev–Trinajstić information content (AvgIpc) is 3.02. The van der Waals surface area contributed by atoms with Crippen molar-refractivity contribution in [3.63, 3.8) is 0 Å². The minimum atomic E-state index is -0.268. The maximum absolute atomic E-state index is 12.1. The normalized spacial score (nSPS) is 10.9. The lowest BCUT2D eigenvalue weighted by Gasteiger charge is -2.03. The second-order valence-electron chi connectivity index (χ2n) is 5.42. The van der Waals surface area contributed by atoms with Crippen LogP contribution in [-0.2, 0) is 19.4 Å². The molecule has 0 saturated heterocycles. The van der Waals surface area contributed by atoms with Crippen molar-refractivity contribution in [3.8, 4) is 0 Å². The fourth-order valence-corrected chi connectivity index (χ4v) is 2.33. The van der Waals surface area contributed by atoms with Gasteiger partial charge in [-0.25, -0.2) is 4.68 Å². The largest absolute Gasteiger partial charge is 0.397 e. The molecule has 0 aliphatic carbocycles. The highest BCUT2D eigenvalue weighted by molar-refractivity contribution is 6.30. The quantitative estimate of drug-likeness (QED) is 0.759. The van der Waals surface area contributed by atoms with Crippen molar-refractivity contribution in [2.45, 2.75) is 26.3 Å². The molecule has 0 saturated carbocycles. The predicted octanol–water partition coefficient (Wildman–Crippen LogP) is 2.00. The Bertz CT molecular complexity index is 902. The summed E-state index contributed by atoms with van der Waals surface area (Å²) in [4.78, 5) is 16.4. The molecule has 0 bridgehead atoms. The van der Waals surface area contributed by atoms with Gasteiger partial charge in [0.15, 0.2) is 5.82 Å². The van der Waals surface area contributed by atoms with Gasteiger partial charge in [0.25, 0.3) is 5.56 Å². The third-order valence-electron chi connectivity index (χ3n) is 3.67. The molecule has 0 amide bonds. The molecule has 0 atom stereocenters. The summed E-state index contributed by atoms with van der Waals surface area (Å²) in [5.41, 5.74) is 7.34. The molecule has 2 heterocycles. The van der Waals surface area contributed by atoms with Gasteiger partial charge in [0.1, 0.15) is 6.54 Å². The van der Waals surface area contributed by atoms with Crippen molar-refractivity contribution < 1.29 is 4.52 Å². The number of nitrogens with zero attached hydrogens (tertiary/aromatic N) is 4. The van der Waals surface area contributed by atoms with E-state index in [9.17, 15) is 4.79 Å². The summed E-state index contributed by atoms with van der Waals surface area (Å²) in [6.07, 6.45) is 2.85. The highest BCUT2D eigenvalue weighted by Crippen LogP contribution is 2.11. The van der Waals surface area contributed by atoms with E-state index in [-0.39, 0.29) is 12.1 Å². The van der Waals surface area contributed by atoms with Gasteiger partial charge in [-0.05, 0) is 31.0 Å². The lowest BCUT2D eigenvalue weighted by Crippen LogP contribution is -2.26. The molecule has 0 fully saturated rings. The first-order valence-electron chi connectivity index (χ1n) is 7.41. The Morgan fingerprint density at radius 2 is 2.00 bits per heavy atom. The van der Waals surface area contributed by atoms with Crippen molar-refractivity contribution >= 4 is 17.3 Å². The topological polar surface area (TPSA) is 99.8 Å². The second-order valence-corrected chi connectivity index (χ2v) is 5.85. The van der Waals surface area contributed by atoms with Gasteiger partial charge in [0, 0.05) is 17.0 Å². The molecule has 3 rings (SSSR count). The number of nitrogens with two attached hydrogens (primary N) is 1. The molecule has 2 N–H and O–H groups in total. The predicted molar refractivity (Wildman–Crippen MR) is 89.9 cm³/mol. The Morgan fingerprint density at radius 3 is 2.75 bits per heavy atom. The number of hydrogen-bond donors (Lipinski definition) is 1. The summed E-state index contributed by atoms with van der Waals surface area (Å²) in [6, 6.07) is 7.62. The average molecular weight is 346 g/mol. The number of halogens is 1. The van der Waals surface area contributed by atoms with E-state index in [4.69, 9.17) is 21.9 Å². The molecule has 0 radical (unpaired) electrons. The van der Waals surface area contributed by atoms with Crippen LogP contribution in [0.5, 0.6) is 0 Å². The number of rotatable bonds is 5. The Kier molecular flexibility index (Phi) is 4.61. The summed E-state index contributed by atoms with van der Waals surface area (Å²) in [5, 5.41) is 8.62. The third kappa shape index (κ3) is 3.62. The van der Waals surface area contributed by atoms with Crippen LogP contribution in [-0.4, -0.2) is 19.9 Å². The first-order chi connectivity index (χ1) is 11.5. The number of benzene rings is 1. The summed E-state index contributed by atoms with van der Waals surface area (Å²) in [6.45, 7) is 1.77. The molecule has 3 aromatic rings. The molecule has 0 spiro atoms. The maximum atomic E-state index is 12.1. The SMILES string of the molecule is Cc1c(N)cnn(Cc2nc(CCc3ccc(Cl)cc3)no2)c1=O. The zero-order chi connectivity index (χ0) is 17.1. The highest BCUT2D eigenvalue weighted by Gasteiger charge is 2.11. The minimum Gasteiger partial charge on any atom is -0.397 e. The molecule has 0 aliphatic rings. The van der Waals surface area contributed by atoms with Crippen molar-refractivity contribution in [1.29, 1.82) is 0 Å². The van der Waals surface area contributed by atoms with Gasteiger partial charge in [-0.1, -0.05) is 28.9 Å². The van der Waals surface area contributed by atoms with E-state index < -0.39 is 0 Å². The van der Waals surface area contributed by atoms with Crippen molar-refractivity contribution in [1.82, 2.24) is 19.9 Å². The van der Waals surface area contributed by atoms with E-state index in [0.29, 0.717) is 34.4 Å². The van der Waals surface area contributed by atoms with Crippen LogP contribution < -0.4 is 11.3 Å². The second kappa shape index (κ2) is 6.84. The van der Waals surface area contributed by atoms with Gasteiger partial charge < -0.3 is 10.3 Å². The molecule has 124 valence electrons. The molecule has 8 heteroatoms. The first-order valence-corrected chi connectivity index (χ1v) is 7.79. The molecule has 0 unspecified atom stereocenters. The minimum absolute atomic E-state index is 0.119. The number of nitrogen functional groups attached to an aromatic ring is 1. The molecular weight excluding hydrogens is 330 g/mol. The van der Waals surface area contributed by atoms with Crippen LogP contribution in [0.3, 0.4) is 0 Å². The van der Waals surface area contributed by atoms with Crippen LogP contribution in [0, 0.1) is 6.92 Å². The number of hydrogen-bond acceptors (Lipinski definition) is 6. The Hall–Kier alpha value is -2.67. The molecular formula is C16H16ClN5O2. The van der Waals surface area contributed by atoms with E-state index in [1.165, 1.54) is 10.9 Å². The Balaban J connectivity index is 1.66. The highest BCUT2D eigenvalue weighted by atomic mass is 35.5. The van der Waals surface area contributed by atoms with E-state index in [2.05, 4.69) is 15.2 Å². The first kappa shape index (κ1) is 16.2. The Morgan fingerprint density at radius 1 is 1.25 bits per heavy atom. The van der Waals surface area contributed by atoms with Crippen molar-refractivity contribution in [2.75, 3.05) is 5.73 Å². The van der Waals surface area contributed by atoms with Crippen LogP contribution in [0.1, 0.15) is 22.8 Å². The van der Waals surface area contributed by atoms with Gasteiger partial charge >= 0.3 is 0 Å². The van der Waals surface area contributed by atoms with Crippen LogP contribution in [0.25, 0.3) is 0 Å². The zero-order valence-electron chi connectivity index (χ0n) is 13.1. The monoisotopic (exact) mass is 345 g/mol. The smallest absolute Gasteiger partial charge is 0.272 e. The van der Waals surface area contributed by atoms with Crippen LogP contribution in [0.2, 0.25) is 5.02 Å². The molecule has 2 aromatic heterocycles. The van der Waals surface area contributed by atoms with Gasteiger partial charge in [0.2, 0.25) is 5.89 Å². The van der Waals surface area contributed by atoms with Gasteiger partial charge in [0.05, 0.1) is 11.9 Å². The van der Waals surface area contributed by atoms with E-state index in [1.807, 2.05) is 24.3 Å². The van der Waals surface area contributed by atoms with Crippen LogP contribution in [0.4, 0.5) is 5.69 Å². The maximum Gasteiger partial charge on any atom is 0.272 e.